The summed E-state index contributed by atoms with van der Waals surface area (Å²) < 4.78 is 5.76. The van der Waals surface area contributed by atoms with Crippen LogP contribution in [0.1, 0.15) is 16.8 Å². The molecule has 0 saturated carbocycles. The van der Waals surface area contributed by atoms with Crippen LogP contribution in [0, 0.1) is 3.57 Å². The molecule has 0 heterocycles. The van der Waals surface area contributed by atoms with E-state index in [2.05, 4.69) is 5.32 Å². The Kier molecular flexibility index (Phi) is 6.03. The number of benzene rings is 1. The molecule has 0 spiro atoms. The van der Waals surface area contributed by atoms with Crippen LogP contribution in [0.15, 0.2) is 18.2 Å². The molecule has 1 unspecified atom stereocenters. The summed E-state index contributed by atoms with van der Waals surface area (Å²) in [6.45, 7) is 0.0621. The Hall–Kier alpha value is -1.35. The number of ether oxygens (including phenoxy) is 1. The maximum atomic E-state index is 11.8. The summed E-state index contributed by atoms with van der Waals surface area (Å²) in [6, 6.07) is 4.65. The number of carboxylic acid groups (broad SMARTS) is 1. The zero-order valence-corrected chi connectivity index (χ0v) is 12.4. The summed E-state index contributed by atoms with van der Waals surface area (Å²) in [6.07, 6.45) is -0.805. The monoisotopic (exact) mass is 379 g/mol. The van der Waals surface area contributed by atoms with Crippen molar-refractivity contribution >= 4 is 34.5 Å². The van der Waals surface area contributed by atoms with Gasteiger partial charge < -0.3 is 20.3 Å². The van der Waals surface area contributed by atoms with Gasteiger partial charge in [0.1, 0.15) is 5.75 Å². The number of rotatable bonds is 6. The molecule has 0 fully saturated rings. The number of aliphatic carboxylic acids is 1. The highest BCUT2D eigenvalue weighted by Crippen LogP contribution is 2.19. The van der Waals surface area contributed by atoms with Gasteiger partial charge in [-0.2, -0.15) is 0 Å². The molecule has 1 aromatic rings. The van der Waals surface area contributed by atoms with Crippen LogP contribution in [0.5, 0.6) is 5.75 Å². The number of phenols is 1. The van der Waals surface area contributed by atoms with E-state index in [4.69, 9.17) is 9.84 Å². The number of methoxy groups -OCH3 is 1. The number of carbonyl (C=O) groups excluding carboxylic acids is 1. The van der Waals surface area contributed by atoms with E-state index < -0.39 is 18.0 Å². The number of phenolic OH excluding ortho intramolecular Hbond substituents is 1. The van der Waals surface area contributed by atoms with E-state index in [9.17, 15) is 14.7 Å². The molecule has 0 radical (unpaired) electrons. The minimum Gasteiger partial charge on any atom is -0.507 e. The minimum atomic E-state index is -1.00. The van der Waals surface area contributed by atoms with Gasteiger partial charge in [0.25, 0.3) is 5.91 Å². The summed E-state index contributed by atoms with van der Waals surface area (Å²) in [4.78, 5) is 22.4. The van der Waals surface area contributed by atoms with E-state index in [1.54, 1.807) is 12.1 Å². The molecule has 0 aliphatic rings. The molecule has 6 nitrogen and oxygen atoms in total. The van der Waals surface area contributed by atoms with E-state index in [1.165, 1.54) is 13.2 Å². The summed E-state index contributed by atoms with van der Waals surface area (Å²) in [5.74, 6) is -1.59. The van der Waals surface area contributed by atoms with Crippen molar-refractivity contribution in [2.75, 3.05) is 13.7 Å². The van der Waals surface area contributed by atoms with Gasteiger partial charge in [-0.05, 0) is 40.8 Å². The quantitative estimate of drug-likeness (QED) is 0.646. The lowest BCUT2D eigenvalue weighted by Crippen LogP contribution is -2.34. The van der Waals surface area contributed by atoms with Gasteiger partial charge in [-0.3, -0.25) is 9.59 Å². The van der Waals surface area contributed by atoms with Crippen LogP contribution in [-0.2, 0) is 9.53 Å². The van der Waals surface area contributed by atoms with Gasteiger partial charge in [0.2, 0.25) is 0 Å². The standard InChI is InChI=1S/C12H14INO5/c1-19-8(5-11(16)17)6-14-12(18)9-4-7(13)2-3-10(9)15/h2-4,8,15H,5-6H2,1H3,(H,14,18)(H,16,17). The van der Waals surface area contributed by atoms with E-state index in [0.29, 0.717) is 0 Å². The number of aromatic hydroxyl groups is 1. The first kappa shape index (κ1) is 15.7. The molecule has 3 N–H and O–H groups in total. The van der Waals surface area contributed by atoms with Crippen LogP contribution in [-0.4, -0.2) is 41.8 Å². The summed E-state index contributed by atoms with van der Waals surface area (Å²) in [7, 11) is 1.38. The smallest absolute Gasteiger partial charge is 0.306 e. The first-order valence-electron chi connectivity index (χ1n) is 5.45. The van der Waals surface area contributed by atoms with Crippen molar-refractivity contribution in [1.29, 1.82) is 0 Å². The van der Waals surface area contributed by atoms with Crippen molar-refractivity contribution in [1.82, 2.24) is 5.32 Å². The van der Waals surface area contributed by atoms with Crippen LogP contribution in [0.3, 0.4) is 0 Å². The Labute approximate surface area is 123 Å². The largest absolute Gasteiger partial charge is 0.507 e. The highest BCUT2D eigenvalue weighted by molar-refractivity contribution is 14.1. The number of hydrogen-bond acceptors (Lipinski definition) is 4. The molecule has 1 atom stereocenters. The fourth-order valence-corrected chi connectivity index (χ4v) is 1.92. The number of hydrogen-bond donors (Lipinski definition) is 3. The van der Waals surface area contributed by atoms with E-state index in [0.717, 1.165) is 3.57 Å². The molecule has 19 heavy (non-hydrogen) atoms. The maximum absolute atomic E-state index is 11.8. The predicted molar refractivity (Wildman–Crippen MR) is 76.2 cm³/mol. The third kappa shape index (κ3) is 5.03. The van der Waals surface area contributed by atoms with Crippen molar-refractivity contribution in [3.05, 3.63) is 27.3 Å². The molecule has 1 rings (SSSR count). The average molecular weight is 379 g/mol. The highest BCUT2D eigenvalue weighted by Gasteiger charge is 2.16. The van der Waals surface area contributed by atoms with Crippen LogP contribution >= 0.6 is 22.6 Å². The molecule has 104 valence electrons. The summed E-state index contributed by atoms with van der Waals surface area (Å²) in [5, 5.41) is 20.8. The molecule has 0 aromatic heterocycles. The number of carboxylic acids is 1. The lowest BCUT2D eigenvalue weighted by molar-refractivity contribution is -0.139. The second-order valence-electron chi connectivity index (χ2n) is 3.83. The number of halogens is 1. The first-order chi connectivity index (χ1) is 8.93. The van der Waals surface area contributed by atoms with Gasteiger partial charge in [-0.1, -0.05) is 0 Å². The van der Waals surface area contributed by atoms with Crippen molar-refractivity contribution in [3.63, 3.8) is 0 Å². The molecular weight excluding hydrogens is 365 g/mol. The second kappa shape index (κ2) is 7.29. The Bertz CT molecular complexity index is 477. The second-order valence-corrected chi connectivity index (χ2v) is 5.07. The zero-order chi connectivity index (χ0) is 14.4. The Balaban J connectivity index is 2.64. The summed E-state index contributed by atoms with van der Waals surface area (Å²) >= 11 is 2.03. The van der Waals surface area contributed by atoms with Gasteiger partial charge in [-0.15, -0.1) is 0 Å². The third-order valence-corrected chi connectivity index (χ3v) is 3.10. The van der Waals surface area contributed by atoms with E-state index >= 15 is 0 Å². The highest BCUT2D eigenvalue weighted by atomic mass is 127. The number of carbonyl (C=O) groups is 2. The van der Waals surface area contributed by atoms with Gasteiger partial charge in [0.15, 0.2) is 0 Å². The van der Waals surface area contributed by atoms with Crippen molar-refractivity contribution in [2.45, 2.75) is 12.5 Å². The normalized spacial score (nSPS) is 11.9. The van der Waals surface area contributed by atoms with Gasteiger partial charge in [0, 0.05) is 17.2 Å². The molecule has 0 bridgehead atoms. The van der Waals surface area contributed by atoms with E-state index in [1.807, 2.05) is 22.6 Å². The lowest BCUT2D eigenvalue weighted by atomic mass is 10.2. The number of nitrogens with one attached hydrogen (secondary N) is 1. The maximum Gasteiger partial charge on any atom is 0.306 e. The van der Waals surface area contributed by atoms with Gasteiger partial charge >= 0.3 is 5.97 Å². The Morgan fingerprint density at radius 3 is 2.74 bits per heavy atom. The topological polar surface area (TPSA) is 95.9 Å². The van der Waals surface area contributed by atoms with Crippen LogP contribution < -0.4 is 5.32 Å². The Morgan fingerprint density at radius 2 is 2.16 bits per heavy atom. The predicted octanol–water partition coefficient (Wildman–Crippen LogP) is 1.22. The first-order valence-corrected chi connectivity index (χ1v) is 6.53. The summed E-state index contributed by atoms with van der Waals surface area (Å²) in [5.41, 5.74) is 0.150. The van der Waals surface area contributed by atoms with Crippen molar-refractivity contribution in [2.24, 2.45) is 0 Å². The zero-order valence-electron chi connectivity index (χ0n) is 10.2. The van der Waals surface area contributed by atoms with Crippen molar-refractivity contribution < 1.29 is 24.5 Å². The molecule has 1 amide bonds. The SMILES string of the molecule is COC(CNC(=O)c1cc(I)ccc1O)CC(=O)O. The fourth-order valence-electron chi connectivity index (χ4n) is 1.43. The average Bonchev–Trinajstić information content (AvgIpc) is 2.36. The molecular formula is C12H14INO5. The fraction of sp³-hybridized carbons (Fsp3) is 0.333. The van der Waals surface area contributed by atoms with Crippen LogP contribution in [0.25, 0.3) is 0 Å². The van der Waals surface area contributed by atoms with Crippen LogP contribution in [0.2, 0.25) is 0 Å². The minimum absolute atomic E-state index is 0.0621. The number of amides is 1. The molecule has 0 aliphatic heterocycles. The molecule has 0 saturated heterocycles. The van der Waals surface area contributed by atoms with Crippen LogP contribution in [0.4, 0.5) is 0 Å². The molecule has 0 aliphatic carbocycles. The van der Waals surface area contributed by atoms with Gasteiger partial charge in [0.05, 0.1) is 18.1 Å². The molecule has 1 aromatic carbocycles. The molecule has 7 heteroatoms. The lowest BCUT2D eigenvalue weighted by Gasteiger charge is -2.14. The van der Waals surface area contributed by atoms with Gasteiger partial charge in [-0.25, -0.2) is 0 Å². The van der Waals surface area contributed by atoms with E-state index in [-0.39, 0.29) is 24.3 Å². The third-order valence-electron chi connectivity index (χ3n) is 2.43. The Morgan fingerprint density at radius 1 is 1.47 bits per heavy atom. The van der Waals surface area contributed by atoms with Crippen molar-refractivity contribution in [3.8, 4) is 5.75 Å².